The highest BCUT2D eigenvalue weighted by Crippen LogP contribution is 2.35. The number of hydrogen-bond donors (Lipinski definition) is 0. The molecule has 0 aromatic rings. The quantitative estimate of drug-likeness (QED) is 0.0842. The van der Waals surface area contributed by atoms with Gasteiger partial charge in [-0.25, -0.2) is 0 Å². The van der Waals surface area contributed by atoms with Crippen molar-refractivity contribution in [3.05, 3.63) is 0 Å². The van der Waals surface area contributed by atoms with Gasteiger partial charge in [0.2, 0.25) is 0 Å². The van der Waals surface area contributed by atoms with Gasteiger partial charge in [-0.05, 0) is 6.42 Å². The smallest absolute Gasteiger partial charge is 0.187 e. The summed E-state index contributed by atoms with van der Waals surface area (Å²) in [4.78, 5) is 0. The van der Waals surface area contributed by atoms with Crippen LogP contribution in [0.5, 0.6) is 0 Å². The lowest BCUT2D eigenvalue weighted by Gasteiger charge is -2.47. The first kappa shape index (κ1) is 60.2. The highest BCUT2D eigenvalue weighted by atomic mass is 16.7. The normalized spacial score (nSPS) is 30.0. The fraction of sp³-hybridized carbons (Fsp3) is 1.00. The predicted molar refractivity (Wildman–Crippen MR) is 226 cm³/mol. The van der Waals surface area contributed by atoms with Crippen molar-refractivity contribution in [2.75, 3.05) is 161 Å². The van der Waals surface area contributed by atoms with Crippen LogP contribution in [0.2, 0.25) is 0 Å². The van der Waals surface area contributed by atoms with Crippen LogP contribution in [0.15, 0.2) is 0 Å². The van der Waals surface area contributed by atoms with Crippen LogP contribution in [-0.4, -0.2) is 265 Å². The van der Waals surface area contributed by atoms with Crippen LogP contribution in [0.4, 0.5) is 0 Å². The molecule has 2 aliphatic heterocycles. The van der Waals surface area contributed by atoms with Crippen molar-refractivity contribution in [1.82, 2.24) is 0 Å². The van der Waals surface area contributed by atoms with Gasteiger partial charge >= 0.3 is 0 Å². The van der Waals surface area contributed by atoms with Crippen molar-refractivity contribution >= 4 is 0 Å². The summed E-state index contributed by atoms with van der Waals surface area (Å²) in [6.07, 6.45) is -6.91. The SMILES string of the molecule is COC[C@H](OC)[C@@H](OC)[C@H](C[C@H]1O[C@H](COC)[C@@H](OC)[C@H](OC)[C@H]1OC)[C@@H](COC)OC.COC[C@H]1O[C@H](OC[C@@H](OC)[C@@H](OC)[C@H](OC)C(OC)OC)[C@H](OC)[C@@H](OC)[C@@H]1OC. The molecular weight excluding hydrogens is 840 g/mol. The number of hydrogen-bond acceptors (Lipinski definition) is 21. The molecule has 378 valence electrons. The summed E-state index contributed by atoms with van der Waals surface area (Å²) in [5.41, 5.74) is 0. The molecular formula is C42H84O21. The molecule has 2 saturated heterocycles. The van der Waals surface area contributed by atoms with Crippen molar-refractivity contribution in [3.63, 3.8) is 0 Å². The Morgan fingerprint density at radius 1 is 0.349 bits per heavy atom. The molecule has 0 radical (unpaired) electrons. The molecule has 0 aromatic heterocycles. The maximum absolute atomic E-state index is 6.46. The van der Waals surface area contributed by atoms with E-state index in [2.05, 4.69) is 0 Å². The zero-order chi connectivity index (χ0) is 47.5. The number of rotatable bonds is 33. The Labute approximate surface area is 376 Å². The lowest BCUT2D eigenvalue weighted by atomic mass is 9.82. The van der Waals surface area contributed by atoms with Gasteiger partial charge in [0, 0.05) is 134 Å². The monoisotopic (exact) mass is 925 g/mol. The third kappa shape index (κ3) is 17.0. The molecule has 63 heavy (non-hydrogen) atoms. The molecule has 2 aliphatic rings. The van der Waals surface area contributed by atoms with E-state index in [-0.39, 0.29) is 67.5 Å². The molecule has 0 N–H and O–H groups in total. The Bertz CT molecular complexity index is 1080. The van der Waals surface area contributed by atoms with E-state index >= 15 is 0 Å². The minimum absolute atomic E-state index is 0.118. The first-order chi connectivity index (χ1) is 30.5. The van der Waals surface area contributed by atoms with Gasteiger partial charge in [-0.1, -0.05) is 0 Å². The summed E-state index contributed by atoms with van der Waals surface area (Å²) in [7, 11) is 28.8. The fourth-order valence-electron chi connectivity index (χ4n) is 8.54. The summed E-state index contributed by atoms with van der Waals surface area (Å²) < 4.78 is 119. The number of ether oxygens (including phenoxy) is 21. The molecule has 21 heteroatoms. The summed E-state index contributed by atoms with van der Waals surface area (Å²) >= 11 is 0. The van der Waals surface area contributed by atoms with E-state index in [1.165, 1.54) is 14.2 Å². The van der Waals surface area contributed by atoms with Crippen LogP contribution in [-0.2, 0) is 99.5 Å². The van der Waals surface area contributed by atoms with Crippen molar-refractivity contribution in [1.29, 1.82) is 0 Å². The van der Waals surface area contributed by atoms with Gasteiger partial charge in [0.05, 0.1) is 51.3 Å². The van der Waals surface area contributed by atoms with Gasteiger partial charge in [0.25, 0.3) is 0 Å². The summed E-state index contributed by atoms with van der Waals surface area (Å²) in [5.74, 6) is -0.160. The lowest BCUT2D eigenvalue weighted by molar-refractivity contribution is -0.319. The third-order valence-corrected chi connectivity index (χ3v) is 11.6. The topological polar surface area (TPSA) is 194 Å². The average molecular weight is 925 g/mol. The molecule has 17 atom stereocenters. The minimum atomic E-state index is -0.752. The van der Waals surface area contributed by atoms with E-state index in [0.29, 0.717) is 32.8 Å². The van der Waals surface area contributed by atoms with Crippen molar-refractivity contribution < 1.29 is 99.5 Å². The van der Waals surface area contributed by atoms with E-state index in [1.54, 1.807) is 114 Å². The van der Waals surface area contributed by atoms with Gasteiger partial charge in [-0.3, -0.25) is 0 Å². The standard InChI is InChI=1S/C22H44O10.C20H40O11/c1-23-11-16(26-4)14(19(28-6)17(27-5)12-24-2)10-15-20(29-7)22(31-9)21(30-8)18(32-15)13-25-3;1-21-10-13-15(24-4)16(25-5)18(27-7)20(31-13)30-11-12(22-2)14(23-3)17(26-6)19(28-8)29-9/h14-22H,10-13H2,1-9H3;12-20H,10-11H2,1-9H3/t14-,15-,16-,17+,18-,19+,20+,21-,22-;12-,13-,14-,15-,16+,17+,18-,20+/m11/s1. The average Bonchev–Trinajstić information content (AvgIpc) is 3.30. The zero-order valence-corrected chi connectivity index (χ0v) is 41.2. The second-order valence-corrected chi connectivity index (χ2v) is 14.8. The maximum Gasteiger partial charge on any atom is 0.187 e. The zero-order valence-electron chi connectivity index (χ0n) is 41.2. The van der Waals surface area contributed by atoms with E-state index in [9.17, 15) is 0 Å². The van der Waals surface area contributed by atoms with E-state index < -0.39 is 49.2 Å². The van der Waals surface area contributed by atoms with Gasteiger partial charge in [0.1, 0.15) is 73.2 Å². The molecule has 0 bridgehead atoms. The Morgan fingerprint density at radius 3 is 1.16 bits per heavy atom. The Kier molecular flexibility index (Phi) is 32.9. The summed E-state index contributed by atoms with van der Waals surface area (Å²) in [5, 5.41) is 0. The molecule has 2 fully saturated rings. The van der Waals surface area contributed by atoms with Gasteiger partial charge in [-0.2, -0.15) is 0 Å². The molecule has 21 nitrogen and oxygen atoms in total. The van der Waals surface area contributed by atoms with Crippen LogP contribution in [0.25, 0.3) is 0 Å². The lowest BCUT2D eigenvalue weighted by Crippen LogP contribution is -2.61. The Morgan fingerprint density at radius 2 is 0.762 bits per heavy atom. The Balaban J connectivity index is 0.000000630. The Hall–Kier alpha value is -0.840. The van der Waals surface area contributed by atoms with Crippen LogP contribution in [0, 0.1) is 5.92 Å². The van der Waals surface area contributed by atoms with Crippen LogP contribution < -0.4 is 0 Å². The highest BCUT2D eigenvalue weighted by Gasteiger charge is 2.50. The maximum atomic E-state index is 6.46. The molecule has 0 spiro atoms. The first-order valence-electron chi connectivity index (χ1n) is 20.8. The van der Waals surface area contributed by atoms with Crippen molar-refractivity contribution in [3.8, 4) is 0 Å². The second kappa shape index (κ2) is 34.4. The summed E-state index contributed by atoms with van der Waals surface area (Å²) in [6, 6.07) is 0. The molecule has 0 amide bonds. The van der Waals surface area contributed by atoms with Crippen LogP contribution >= 0.6 is 0 Å². The van der Waals surface area contributed by atoms with Gasteiger partial charge in [0.15, 0.2) is 12.6 Å². The van der Waals surface area contributed by atoms with E-state index in [1.807, 2.05) is 0 Å². The molecule has 0 aromatic carbocycles. The summed E-state index contributed by atoms with van der Waals surface area (Å²) in [6.45, 7) is 1.53. The van der Waals surface area contributed by atoms with Crippen molar-refractivity contribution in [2.24, 2.45) is 5.92 Å². The fourth-order valence-corrected chi connectivity index (χ4v) is 8.54. The third-order valence-electron chi connectivity index (χ3n) is 11.6. The molecule has 0 unspecified atom stereocenters. The predicted octanol–water partition coefficient (Wildman–Crippen LogP) is 0.873. The minimum Gasteiger partial charge on any atom is -0.382 e. The van der Waals surface area contributed by atoms with Gasteiger partial charge < -0.3 is 99.5 Å². The molecule has 2 rings (SSSR count). The largest absolute Gasteiger partial charge is 0.382 e. The van der Waals surface area contributed by atoms with Crippen LogP contribution in [0.3, 0.4) is 0 Å². The molecule has 0 saturated carbocycles. The highest BCUT2D eigenvalue weighted by molar-refractivity contribution is 4.98. The second-order valence-electron chi connectivity index (χ2n) is 14.8. The van der Waals surface area contributed by atoms with Crippen LogP contribution in [0.1, 0.15) is 6.42 Å². The first-order valence-corrected chi connectivity index (χ1v) is 20.8. The van der Waals surface area contributed by atoms with Crippen molar-refractivity contribution in [2.45, 2.75) is 111 Å². The van der Waals surface area contributed by atoms with Gasteiger partial charge in [-0.15, -0.1) is 0 Å². The van der Waals surface area contributed by atoms with E-state index in [0.717, 1.165) is 0 Å². The number of methoxy groups -OCH3 is 18. The molecule has 0 aliphatic carbocycles. The van der Waals surface area contributed by atoms with E-state index in [4.69, 9.17) is 99.5 Å². The molecule has 2 heterocycles.